The molecule has 0 heterocycles. The predicted octanol–water partition coefficient (Wildman–Crippen LogP) is 0.322. The first-order valence-corrected chi connectivity index (χ1v) is 4.07. The van der Waals surface area contributed by atoms with E-state index in [0.29, 0.717) is 0 Å². The maximum absolute atomic E-state index is 11.7. The van der Waals surface area contributed by atoms with Crippen molar-refractivity contribution in [3.8, 4) is 0 Å². The SMILES string of the molecule is CC(C)N(C[Si]F)C(N)=O. The van der Waals surface area contributed by atoms with Crippen molar-refractivity contribution >= 4 is 15.9 Å². The summed E-state index contributed by atoms with van der Waals surface area (Å²) in [5, 5.41) is 0. The highest BCUT2D eigenvalue weighted by Crippen LogP contribution is 1.95. The van der Waals surface area contributed by atoms with Gasteiger partial charge in [0.1, 0.15) is 0 Å². The highest BCUT2D eigenvalue weighted by Gasteiger charge is 2.12. The van der Waals surface area contributed by atoms with E-state index in [1.807, 2.05) is 0 Å². The molecule has 10 heavy (non-hydrogen) atoms. The average molecular weight is 162 g/mol. The van der Waals surface area contributed by atoms with Crippen LogP contribution >= 0.6 is 0 Å². The van der Waals surface area contributed by atoms with Crippen molar-refractivity contribution in [1.29, 1.82) is 0 Å². The summed E-state index contributed by atoms with van der Waals surface area (Å²) in [4.78, 5) is 11.8. The summed E-state index contributed by atoms with van der Waals surface area (Å²) in [6, 6.07) is -0.569. The smallest absolute Gasteiger partial charge is 0.316 e. The molecule has 5 heteroatoms. The van der Waals surface area contributed by atoms with Crippen molar-refractivity contribution in [2.75, 3.05) is 6.17 Å². The van der Waals surface area contributed by atoms with E-state index in [1.165, 1.54) is 4.90 Å². The molecule has 0 fully saturated rings. The van der Waals surface area contributed by atoms with Gasteiger partial charge in [0.2, 0.25) is 0 Å². The van der Waals surface area contributed by atoms with Crippen LogP contribution in [-0.2, 0) is 0 Å². The van der Waals surface area contributed by atoms with Gasteiger partial charge >= 0.3 is 15.9 Å². The molecule has 0 saturated carbocycles. The van der Waals surface area contributed by atoms with Crippen LogP contribution in [-0.4, -0.2) is 33.0 Å². The van der Waals surface area contributed by atoms with Crippen molar-refractivity contribution < 1.29 is 8.90 Å². The molecule has 2 amide bonds. The standard InChI is InChI=1S/C5H11FN2OSi/c1-4(2)8(3-10-6)5(7)9/h4H,3H2,1-2H3,(H2,7,9). The molecule has 0 spiro atoms. The number of hydrogen-bond donors (Lipinski definition) is 1. The molecule has 0 rings (SSSR count). The van der Waals surface area contributed by atoms with Gasteiger partial charge in [-0.1, -0.05) is 0 Å². The molecule has 0 aromatic rings. The van der Waals surface area contributed by atoms with Gasteiger partial charge in [-0.15, -0.1) is 0 Å². The van der Waals surface area contributed by atoms with E-state index >= 15 is 0 Å². The third-order valence-electron chi connectivity index (χ3n) is 1.14. The van der Waals surface area contributed by atoms with Crippen LogP contribution in [0.15, 0.2) is 0 Å². The fraction of sp³-hybridized carbons (Fsp3) is 0.800. The molecular weight excluding hydrogens is 151 g/mol. The minimum Gasteiger partial charge on any atom is -0.351 e. The van der Waals surface area contributed by atoms with Gasteiger partial charge in [-0.25, -0.2) is 4.79 Å². The number of nitrogens with two attached hydrogens (primary N) is 1. The van der Waals surface area contributed by atoms with Gasteiger partial charge < -0.3 is 14.7 Å². The van der Waals surface area contributed by atoms with Crippen molar-refractivity contribution in [1.82, 2.24) is 4.90 Å². The van der Waals surface area contributed by atoms with E-state index in [-0.39, 0.29) is 12.2 Å². The average Bonchev–Trinajstić information content (AvgIpc) is 1.81. The van der Waals surface area contributed by atoms with Gasteiger partial charge in [-0.05, 0) is 13.8 Å². The Hall–Kier alpha value is -0.583. The minimum atomic E-state index is -0.751. The molecule has 3 nitrogen and oxygen atoms in total. The highest BCUT2D eigenvalue weighted by molar-refractivity contribution is 6.26. The predicted molar refractivity (Wildman–Crippen MR) is 38.3 cm³/mol. The first kappa shape index (κ1) is 9.42. The first-order valence-electron chi connectivity index (χ1n) is 2.99. The summed E-state index contributed by atoms with van der Waals surface area (Å²) >= 11 is 0. The van der Waals surface area contributed by atoms with Gasteiger partial charge in [0.15, 0.2) is 0 Å². The Kier molecular flexibility index (Phi) is 4.02. The van der Waals surface area contributed by atoms with Crippen molar-refractivity contribution in [2.45, 2.75) is 19.9 Å². The zero-order chi connectivity index (χ0) is 8.15. The van der Waals surface area contributed by atoms with Crippen LogP contribution in [0.5, 0.6) is 0 Å². The number of nitrogens with zero attached hydrogens (tertiary/aromatic N) is 1. The minimum absolute atomic E-state index is 0.0132. The summed E-state index contributed by atoms with van der Waals surface area (Å²) in [6.07, 6.45) is 0.118. The van der Waals surface area contributed by atoms with Crippen LogP contribution in [0, 0.1) is 0 Å². The molecule has 58 valence electrons. The zero-order valence-electron chi connectivity index (χ0n) is 6.10. The summed E-state index contributed by atoms with van der Waals surface area (Å²) in [7, 11) is -0.751. The Labute approximate surface area is 62.4 Å². The highest BCUT2D eigenvalue weighted by atomic mass is 28.3. The van der Waals surface area contributed by atoms with Gasteiger partial charge in [0.05, 0.1) is 0 Å². The van der Waals surface area contributed by atoms with E-state index in [2.05, 4.69) is 0 Å². The molecule has 0 aliphatic rings. The number of urea groups is 1. The molecule has 2 radical (unpaired) electrons. The van der Waals surface area contributed by atoms with Crippen LogP contribution in [0.2, 0.25) is 0 Å². The number of halogens is 1. The Balaban J connectivity index is 3.85. The van der Waals surface area contributed by atoms with Gasteiger partial charge in [-0.2, -0.15) is 0 Å². The van der Waals surface area contributed by atoms with Crippen LogP contribution in [0.4, 0.5) is 8.90 Å². The lowest BCUT2D eigenvalue weighted by Gasteiger charge is -2.22. The summed E-state index contributed by atoms with van der Waals surface area (Å²) in [5.74, 6) is 0. The summed E-state index contributed by atoms with van der Waals surface area (Å²) in [5.41, 5.74) is 4.95. The largest absolute Gasteiger partial charge is 0.351 e. The number of hydrogen-bond acceptors (Lipinski definition) is 1. The van der Waals surface area contributed by atoms with Crippen LogP contribution < -0.4 is 5.73 Å². The quantitative estimate of drug-likeness (QED) is 0.471. The fourth-order valence-electron chi connectivity index (χ4n) is 0.579. The second-order valence-corrected chi connectivity index (χ2v) is 2.78. The molecule has 0 aromatic heterocycles. The van der Waals surface area contributed by atoms with Crippen molar-refractivity contribution in [2.24, 2.45) is 5.73 Å². The molecular formula is C5H11FN2OSi. The molecule has 0 unspecified atom stereocenters. The topological polar surface area (TPSA) is 46.3 Å². The summed E-state index contributed by atoms with van der Waals surface area (Å²) < 4.78 is 11.7. The van der Waals surface area contributed by atoms with Gasteiger partial charge in [0.25, 0.3) is 0 Å². The van der Waals surface area contributed by atoms with E-state index in [1.54, 1.807) is 13.8 Å². The van der Waals surface area contributed by atoms with E-state index < -0.39 is 15.9 Å². The third-order valence-corrected chi connectivity index (χ3v) is 1.60. The zero-order valence-corrected chi connectivity index (χ0v) is 7.10. The lowest BCUT2D eigenvalue weighted by molar-refractivity contribution is 0.202. The number of amides is 2. The summed E-state index contributed by atoms with van der Waals surface area (Å²) in [6.45, 7) is 3.59. The van der Waals surface area contributed by atoms with Crippen LogP contribution in [0.25, 0.3) is 0 Å². The van der Waals surface area contributed by atoms with E-state index in [9.17, 15) is 8.90 Å². The lowest BCUT2D eigenvalue weighted by Crippen LogP contribution is -2.42. The Morgan fingerprint density at radius 2 is 2.30 bits per heavy atom. The fourth-order valence-corrected chi connectivity index (χ4v) is 1.23. The number of carbonyl (C=O) groups excluding carboxylic acids is 1. The maximum Gasteiger partial charge on any atom is 0.316 e. The van der Waals surface area contributed by atoms with Crippen LogP contribution in [0.1, 0.15) is 13.8 Å². The molecule has 0 bridgehead atoms. The van der Waals surface area contributed by atoms with Crippen molar-refractivity contribution in [3.05, 3.63) is 0 Å². The number of rotatable bonds is 3. The Bertz CT molecular complexity index is 120. The third kappa shape index (κ3) is 2.81. The monoisotopic (exact) mass is 162 g/mol. The molecule has 2 N–H and O–H groups in total. The lowest BCUT2D eigenvalue weighted by atomic mass is 10.4. The Morgan fingerprint density at radius 3 is 2.40 bits per heavy atom. The van der Waals surface area contributed by atoms with E-state index in [0.717, 1.165) is 0 Å². The van der Waals surface area contributed by atoms with Gasteiger partial charge in [0, 0.05) is 12.2 Å². The molecule has 0 atom stereocenters. The maximum atomic E-state index is 11.7. The molecule has 0 aromatic carbocycles. The number of primary amides is 1. The van der Waals surface area contributed by atoms with Crippen LogP contribution in [0.3, 0.4) is 0 Å². The molecule has 0 aliphatic carbocycles. The van der Waals surface area contributed by atoms with E-state index in [4.69, 9.17) is 5.73 Å². The molecule has 0 saturated heterocycles. The second-order valence-electron chi connectivity index (χ2n) is 2.19. The molecule has 0 aliphatic heterocycles. The number of carbonyl (C=O) groups is 1. The second kappa shape index (κ2) is 4.27. The van der Waals surface area contributed by atoms with Crippen molar-refractivity contribution in [3.63, 3.8) is 0 Å². The normalized spacial score (nSPS) is 10.0. The first-order chi connectivity index (χ1) is 4.59. The Morgan fingerprint density at radius 1 is 1.80 bits per heavy atom. The van der Waals surface area contributed by atoms with Gasteiger partial charge in [-0.3, -0.25) is 0 Å².